The number of methoxy groups -OCH3 is 2. The van der Waals surface area contributed by atoms with Gasteiger partial charge in [-0.2, -0.15) is 22.0 Å². The van der Waals surface area contributed by atoms with Gasteiger partial charge >= 0.3 is 82.9 Å². The molecule has 1 aromatic heterocycles. The Hall–Kier alpha value is -0.796. The van der Waals surface area contributed by atoms with E-state index in [1.54, 1.807) is 24.3 Å². The van der Waals surface area contributed by atoms with Crippen LogP contribution in [0.5, 0.6) is 0 Å². The summed E-state index contributed by atoms with van der Waals surface area (Å²) in [5.41, 5.74) is -0.800. The second-order valence-corrected chi connectivity index (χ2v) is 41.8. The molecule has 0 spiro atoms. The third-order valence-corrected chi connectivity index (χ3v) is 4.09. The number of carbonyl (C=O) groups excluding carboxylic acids is 1. The van der Waals surface area contributed by atoms with Crippen molar-refractivity contribution in [1.29, 1.82) is 0 Å². The summed E-state index contributed by atoms with van der Waals surface area (Å²) in [4.78, 5) is 23.6. The molecular weight excluding hydrogens is 885 g/mol. The first-order chi connectivity index (χ1) is 16.8. The van der Waals surface area contributed by atoms with E-state index in [-0.39, 0.29) is 35.9 Å². The van der Waals surface area contributed by atoms with Crippen LogP contribution in [-0.4, -0.2) is 42.0 Å². The van der Waals surface area contributed by atoms with E-state index in [0.29, 0.717) is 23.5 Å². The molecule has 0 saturated heterocycles. The number of nitrogens with zero attached hydrogens (tertiary/aromatic N) is 3. The van der Waals surface area contributed by atoms with Crippen LogP contribution in [0.2, 0.25) is 0 Å². The van der Waals surface area contributed by atoms with Gasteiger partial charge < -0.3 is 21.7 Å². The van der Waals surface area contributed by atoms with Gasteiger partial charge in [0, 0.05) is 5.56 Å². The number of esters is 1. The third kappa shape index (κ3) is 11.5. The summed E-state index contributed by atoms with van der Waals surface area (Å²) in [6.07, 6.45) is -4.03. The molecule has 2 rings (SSSR count). The van der Waals surface area contributed by atoms with Crippen LogP contribution in [0.15, 0.2) is 48.1 Å². The first-order valence-corrected chi connectivity index (χ1v) is 22.9. The maximum atomic E-state index is 13.5. The number of aromatic nitrogens is 2. The molecule has 1 heterocycles. The molecule has 0 aliphatic carbocycles. The minimum atomic E-state index is -5.81. The Morgan fingerprint density at radius 2 is 1.70 bits per heavy atom. The van der Waals surface area contributed by atoms with Crippen LogP contribution in [0.3, 0.4) is 0 Å². The molecule has 0 aliphatic rings. The summed E-state index contributed by atoms with van der Waals surface area (Å²) < 4.78 is 74.4. The van der Waals surface area contributed by atoms with Crippen LogP contribution in [0, 0.1) is 7.43 Å². The van der Waals surface area contributed by atoms with Crippen molar-refractivity contribution in [1.82, 2.24) is 9.97 Å². The van der Waals surface area contributed by atoms with E-state index < -0.39 is 23.8 Å². The number of benzene rings is 1. The van der Waals surface area contributed by atoms with E-state index in [9.17, 15) is 26.7 Å². The fourth-order valence-electron chi connectivity index (χ4n) is 2.48. The van der Waals surface area contributed by atoms with Crippen molar-refractivity contribution in [3.8, 4) is 0 Å². The molecule has 1 aromatic carbocycles. The standard InChI is InChI=1S/C20H18F5N3O4.CH3.3HI.V/c1-12(16-8-17(27-11-26-16)19(21,22)20(23,24)25)28-32-9-13-6-4-5-7-14(13)15(10-30-2)18(29)31-3;;;;;/h4-8,10-11H,9H2,1-3H3;1H3;3*1H;/q;-1;;;;+3/p-3/b15-10+,28-12+;;;;;. The van der Waals surface area contributed by atoms with Crippen LogP contribution in [-0.2, 0) is 36.6 Å². The molecule has 0 unspecified atom stereocenters. The molecule has 0 fully saturated rings. The Morgan fingerprint density at radius 3 is 2.24 bits per heavy atom. The summed E-state index contributed by atoms with van der Waals surface area (Å²) in [6.45, 7) is 1.15. The van der Waals surface area contributed by atoms with Crippen molar-refractivity contribution in [3.63, 3.8) is 0 Å². The number of hydrogen-bond acceptors (Lipinski definition) is 7. The zero-order chi connectivity index (χ0) is 27.5. The number of ether oxygens (including phenoxy) is 2. The SMILES string of the molecule is CO/C=C(/C(=O)OC)c1ccccc1CO/N=C(\C)c1cc(C(F)(F)C(F)(F)F)ncn1.[CH3-].[I][V]([I])[I]. The van der Waals surface area contributed by atoms with Gasteiger partial charge in [-0.05, 0) is 18.6 Å². The molecule has 0 atom stereocenters. The van der Waals surface area contributed by atoms with Crippen molar-refractivity contribution in [3.05, 3.63) is 72.9 Å². The van der Waals surface area contributed by atoms with Crippen molar-refractivity contribution in [2.45, 2.75) is 25.6 Å². The number of halogens is 8. The zero-order valence-electron chi connectivity index (χ0n) is 19.7. The van der Waals surface area contributed by atoms with E-state index in [1.807, 2.05) is 0 Å². The van der Waals surface area contributed by atoms with E-state index >= 15 is 0 Å². The van der Waals surface area contributed by atoms with E-state index in [4.69, 9.17) is 14.3 Å². The van der Waals surface area contributed by atoms with Gasteiger partial charge in [0.1, 0.15) is 29.9 Å². The average Bonchev–Trinajstić information content (AvgIpc) is 2.81. The monoisotopic (exact) mass is 906 g/mol. The normalized spacial score (nSPS) is 12.2. The molecule has 206 valence electrons. The van der Waals surface area contributed by atoms with Crippen LogP contribution >= 0.6 is 59.9 Å². The molecule has 37 heavy (non-hydrogen) atoms. The first kappa shape index (κ1) is 36.2. The van der Waals surface area contributed by atoms with Crippen LogP contribution in [0.25, 0.3) is 5.57 Å². The summed E-state index contributed by atoms with van der Waals surface area (Å²) in [5, 5.41) is 3.72. The quantitative estimate of drug-likeness (QED) is 0.0404. The topological polar surface area (TPSA) is 82.9 Å². The van der Waals surface area contributed by atoms with Gasteiger partial charge in [-0.15, -0.1) is 0 Å². The van der Waals surface area contributed by atoms with Gasteiger partial charge in [-0.1, -0.05) is 29.4 Å². The average molecular weight is 906 g/mol. The van der Waals surface area contributed by atoms with E-state index in [1.165, 1.54) is 27.4 Å². The maximum absolute atomic E-state index is 13.5. The third-order valence-electron chi connectivity index (χ3n) is 4.09. The van der Waals surface area contributed by atoms with Gasteiger partial charge in [0.15, 0.2) is 0 Å². The first-order valence-electron chi connectivity index (χ1n) is 9.37. The summed E-state index contributed by atoms with van der Waals surface area (Å²) in [5.74, 6) is -5.80. The predicted octanol–water partition coefficient (Wildman–Crippen LogP) is 7.34. The number of alkyl halides is 5. The summed E-state index contributed by atoms with van der Waals surface area (Å²) >= 11 is 7.39. The molecule has 0 N–H and O–H groups in total. The number of hydrogen-bond donors (Lipinski definition) is 0. The van der Waals surface area contributed by atoms with Gasteiger partial charge in [0.2, 0.25) is 0 Å². The Kier molecular flexibility index (Phi) is 16.6. The van der Waals surface area contributed by atoms with Crippen LogP contribution in [0.1, 0.15) is 29.4 Å². The molecule has 0 saturated carbocycles. The fraction of sp³-hybridized carbons (Fsp3) is 0.286. The minimum absolute atomic E-state index is 0. The van der Waals surface area contributed by atoms with Gasteiger partial charge in [-0.25, -0.2) is 14.8 Å². The predicted molar refractivity (Wildman–Crippen MR) is 151 cm³/mol. The van der Waals surface area contributed by atoms with E-state index in [2.05, 4.69) is 75.1 Å². The van der Waals surface area contributed by atoms with E-state index in [0.717, 1.165) is 0 Å². The van der Waals surface area contributed by atoms with Gasteiger partial charge in [-0.3, -0.25) is 0 Å². The number of oxime groups is 1. The van der Waals surface area contributed by atoms with Crippen LogP contribution < -0.4 is 0 Å². The molecule has 2 aromatic rings. The summed E-state index contributed by atoms with van der Waals surface area (Å²) in [6, 6.07) is 7.09. The van der Waals surface area contributed by atoms with Gasteiger partial charge in [0.05, 0.1) is 26.2 Å². The summed E-state index contributed by atoms with van der Waals surface area (Å²) in [7, 11) is 2.56. The Morgan fingerprint density at radius 1 is 1.11 bits per heavy atom. The zero-order valence-corrected chi connectivity index (χ0v) is 27.6. The van der Waals surface area contributed by atoms with Crippen molar-refractivity contribution in [2.75, 3.05) is 14.2 Å². The Bertz CT molecular complexity index is 1090. The van der Waals surface area contributed by atoms with Crippen LogP contribution in [0.4, 0.5) is 22.0 Å². The van der Waals surface area contributed by atoms with Gasteiger partial charge in [0.25, 0.3) is 0 Å². The van der Waals surface area contributed by atoms with Crippen molar-refractivity contribution >= 4 is 77.2 Å². The molecule has 0 bridgehead atoms. The number of rotatable bonds is 8. The molecule has 7 nitrogen and oxygen atoms in total. The second kappa shape index (κ2) is 17.0. The molecule has 0 radical (unpaired) electrons. The molecule has 0 amide bonds. The second-order valence-electron chi connectivity index (χ2n) is 6.42. The molecule has 16 heteroatoms. The Balaban J connectivity index is 0.00000241. The van der Waals surface area contributed by atoms with Crippen molar-refractivity contribution < 1.29 is 46.0 Å². The molecular formula is C21H21F5I3N3O4V-. The van der Waals surface area contributed by atoms with Crippen molar-refractivity contribution in [2.24, 2.45) is 5.16 Å². The number of carbonyl (C=O) groups is 1. The molecule has 0 aliphatic heterocycles. The Labute approximate surface area is 248 Å². The fourth-order valence-corrected chi connectivity index (χ4v) is 2.48.